The van der Waals surface area contributed by atoms with Gasteiger partial charge < -0.3 is 19.7 Å². The number of fused-ring (bicyclic) bond motifs is 3. The second-order valence-corrected chi connectivity index (χ2v) is 12.8. The summed E-state index contributed by atoms with van der Waals surface area (Å²) in [5.74, 6) is 1.35. The number of aromatic nitrogens is 1. The number of nitrogens with one attached hydrogen (secondary N) is 1. The van der Waals surface area contributed by atoms with E-state index < -0.39 is 12.0 Å². The van der Waals surface area contributed by atoms with Gasteiger partial charge in [0.2, 0.25) is 12.3 Å². The van der Waals surface area contributed by atoms with Crippen molar-refractivity contribution in [1.29, 1.82) is 0 Å². The van der Waals surface area contributed by atoms with E-state index in [1.165, 1.54) is 16.6 Å². The summed E-state index contributed by atoms with van der Waals surface area (Å²) in [4.78, 5) is 21.5. The first kappa shape index (κ1) is 27.4. The Morgan fingerprint density at radius 2 is 1.94 bits per heavy atom. The molecule has 2 aromatic rings. The molecule has 2 aliphatic rings. The minimum Gasteiger partial charge on any atom is -0.356 e. The van der Waals surface area contributed by atoms with E-state index in [4.69, 9.17) is 16.3 Å². The molecule has 1 aliphatic carbocycles. The largest absolute Gasteiger partial charge is 0.356 e. The molecule has 6 nitrogen and oxygen atoms in total. The van der Waals surface area contributed by atoms with Crippen LogP contribution in [0.2, 0.25) is 5.02 Å². The van der Waals surface area contributed by atoms with Crippen LogP contribution >= 0.6 is 11.6 Å². The summed E-state index contributed by atoms with van der Waals surface area (Å²) in [5, 5.41) is 12.3. The molecule has 0 spiro atoms. The van der Waals surface area contributed by atoms with Crippen LogP contribution in [0.3, 0.4) is 0 Å². The zero-order valence-electron chi connectivity index (χ0n) is 22.8. The maximum atomic E-state index is 13.8. The molecule has 1 saturated carbocycles. The first-order chi connectivity index (χ1) is 16.9. The van der Waals surface area contributed by atoms with E-state index in [-0.39, 0.29) is 12.0 Å². The third-order valence-electron chi connectivity index (χ3n) is 7.77. The highest BCUT2D eigenvalue weighted by atomic mass is 35.5. The van der Waals surface area contributed by atoms with Crippen LogP contribution in [0.25, 0.3) is 10.9 Å². The Labute approximate surface area is 221 Å². The molecule has 1 aromatic heterocycles. The van der Waals surface area contributed by atoms with Crippen molar-refractivity contribution in [2.24, 2.45) is 17.8 Å². The van der Waals surface area contributed by atoms with E-state index in [1.54, 1.807) is 0 Å². The van der Waals surface area contributed by atoms with Crippen LogP contribution in [0.1, 0.15) is 84.0 Å². The number of hydrogen-bond acceptors (Lipinski definition) is 4. The summed E-state index contributed by atoms with van der Waals surface area (Å²) in [7, 11) is 1.91. The summed E-state index contributed by atoms with van der Waals surface area (Å²) in [6.07, 6.45) is 4.74. The number of ether oxygens (including phenoxy) is 1. The van der Waals surface area contributed by atoms with Gasteiger partial charge in [-0.3, -0.25) is 9.69 Å². The number of aliphatic hydroxyl groups excluding tert-OH is 1. The molecule has 2 heterocycles. The average Bonchev–Trinajstić information content (AvgIpc) is 3.16. The molecule has 1 amide bonds. The van der Waals surface area contributed by atoms with Crippen LogP contribution in [0.15, 0.2) is 18.2 Å². The van der Waals surface area contributed by atoms with Crippen molar-refractivity contribution in [2.75, 3.05) is 20.1 Å². The van der Waals surface area contributed by atoms with Crippen molar-refractivity contribution in [3.05, 3.63) is 34.5 Å². The van der Waals surface area contributed by atoms with Crippen molar-refractivity contribution in [1.82, 2.24) is 14.8 Å². The number of halogens is 1. The van der Waals surface area contributed by atoms with Gasteiger partial charge in [0, 0.05) is 40.6 Å². The fourth-order valence-corrected chi connectivity index (χ4v) is 6.20. The molecule has 1 fully saturated rings. The van der Waals surface area contributed by atoms with Gasteiger partial charge in [-0.25, -0.2) is 0 Å². The number of amides is 1. The predicted octanol–water partition coefficient (Wildman–Crippen LogP) is 6.12. The van der Waals surface area contributed by atoms with Crippen LogP contribution in [-0.2, 0) is 16.0 Å². The molecule has 0 bridgehead atoms. The lowest BCUT2D eigenvalue weighted by atomic mass is 9.80. The van der Waals surface area contributed by atoms with E-state index in [0.29, 0.717) is 17.7 Å². The number of H-pyrrole nitrogens is 1. The third kappa shape index (κ3) is 6.27. The normalized spacial score (nSPS) is 23.9. The lowest BCUT2D eigenvalue weighted by molar-refractivity contribution is -0.235. The first-order valence-electron chi connectivity index (χ1n) is 13.6. The van der Waals surface area contributed by atoms with Gasteiger partial charge in [-0.2, -0.15) is 0 Å². The number of carbonyl (C=O) groups excluding carboxylic acids is 1. The smallest absolute Gasteiger partial charge is 0.226 e. The topological polar surface area (TPSA) is 68.8 Å². The van der Waals surface area contributed by atoms with Gasteiger partial charge in [-0.15, -0.1) is 0 Å². The number of aromatic amines is 1. The monoisotopic (exact) mass is 517 g/mol. The second kappa shape index (κ2) is 11.0. The fourth-order valence-electron chi connectivity index (χ4n) is 6.03. The lowest BCUT2D eigenvalue weighted by Gasteiger charge is -2.40. The van der Waals surface area contributed by atoms with Crippen molar-refractivity contribution in [3.63, 3.8) is 0 Å². The Bertz CT molecular complexity index is 1050. The van der Waals surface area contributed by atoms with Gasteiger partial charge in [-0.05, 0) is 95.9 Å². The zero-order valence-corrected chi connectivity index (χ0v) is 23.6. The molecule has 0 saturated heterocycles. The molecule has 36 heavy (non-hydrogen) atoms. The third-order valence-corrected chi connectivity index (χ3v) is 8.00. The number of hydrogen-bond donors (Lipinski definition) is 2. The van der Waals surface area contributed by atoms with Crippen LogP contribution < -0.4 is 0 Å². The number of carbonyl (C=O) groups is 1. The van der Waals surface area contributed by atoms with Crippen LogP contribution in [-0.4, -0.2) is 57.9 Å². The van der Waals surface area contributed by atoms with Gasteiger partial charge >= 0.3 is 0 Å². The Kier molecular flexibility index (Phi) is 8.40. The Morgan fingerprint density at radius 3 is 2.58 bits per heavy atom. The SMILES string of the molecule is CC(C)CC1c2[nH]c3cc(Cl)ccc3c2CCN1C(=O)[C@H]1CC[C@H](CN(C)C(O)OC(C)(C)C)CC1. The standard InChI is InChI=1S/C29H44ClN3O3/c1-18(2)15-25-26-23(22-12-11-21(30)16-24(22)31-26)13-14-33(25)27(34)20-9-7-19(8-10-20)17-32(6)28(35)36-29(3,4)5/h11-12,16,18-20,25,28,31,35H,7-10,13-15,17H2,1-6H3/t19-,20-,25?,28?. The first-order valence-corrected chi connectivity index (χ1v) is 14.0. The van der Waals surface area contributed by atoms with Crippen molar-refractivity contribution < 1.29 is 14.6 Å². The second-order valence-electron chi connectivity index (χ2n) is 12.3. The summed E-state index contributed by atoms with van der Waals surface area (Å²) in [6, 6.07) is 6.15. The predicted molar refractivity (Wildman–Crippen MR) is 146 cm³/mol. The summed E-state index contributed by atoms with van der Waals surface area (Å²) in [5.41, 5.74) is 3.22. The summed E-state index contributed by atoms with van der Waals surface area (Å²) >= 11 is 6.26. The Balaban J connectivity index is 1.42. The molecule has 200 valence electrons. The van der Waals surface area contributed by atoms with Gasteiger partial charge in [0.1, 0.15) is 0 Å². The molecule has 1 aromatic carbocycles. The molecular weight excluding hydrogens is 474 g/mol. The van der Waals surface area contributed by atoms with Gasteiger partial charge in [-0.1, -0.05) is 31.5 Å². The van der Waals surface area contributed by atoms with E-state index >= 15 is 0 Å². The maximum absolute atomic E-state index is 13.8. The molecule has 7 heteroatoms. The summed E-state index contributed by atoms with van der Waals surface area (Å²) in [6.45, 7) is 11.9. The van der Waals surface area contributed by atoms with E-state index in [0.717, 1.165) is 62.2 Å². The number of rotatable bonds is 7. The molecule has 2 atom stereocenters. The molecule has 2 N–H and O–H groups in total. The van der Waals surface area contributed by atoms with E-state index in [2.05, 4.69) is 29.8 Å². The highest BCUT2D eigenvalue weighted by Crippen LogP contribution is 2.41. The van der Waals surface area contributed by atoms with Gasteiger partial charge in [0.15, 0.2) is 0 Å². The number of benzene rings is 1. The number of nitrogens with zero attached hydrogens (tertiary/aromatic N) is 2. The van der Waals surface area contributed by atoms with E-state index in [9.17, 15) is 9.90 Å². The van der Waals surface area contributed by atoms with Crippen LogP contribution in [0.5, 0.6) is 0 Å². The van der Waals surface area contributed by atoms with Gasteiger partial charge in [0.05, 0.1) is 11.6 Å². The van der Waals surface area contributed by atoms with Crippen LogP contribution in [0.4, 0.5) is 0 Å². The molecule has 4 rings (SSSR count). The highest BCUT2D eigenvalue weighted by Gasteiger charge is 2.38. The Hall–Kier alpha value is -1.60. The van der Waals surface area contributed by atoms with Crippen molar-refractivity contribution >= 4 is 28.4 Å². The maximum Gasteiger partial charge on any atom is 0.226 e. The average molecular weight is 518 g/mol. The molecule has 1 aliphatic heterocycles. The zero-order chi connectivity index (χ0) is 26.2. The molecule has 0 radical (unpaired) electrons. The molecule has 2 unspecified atom stereocenters. The highest BCUT2D eigenvalue weighted by molar-refractivity contribution is 6.31. The van der Waals surface area contributed by atoms with Gasteiger partial charge in [0.25, 0.3) is 0 Å². The Morgan fingerprint density at radius 1 is 1.25 bits per heavy atom. The lowest BCUT2D eigenvalue weighted by Crippen LogP contribution is -2.45. The number of aliphatic hydroxyl groups is 1. The van der Waals surface area contributed by atoms with Crippen molar-refractivity contribution in [3.8, 4) is 0 Å². The molecular formula is C29H44ClN3O3. The fraction of sp³-hybridized carbons (Fsp3) is 0.690. The van der Waals surface area contributed by atoms with Crippen LogP contribution in [0, 0.1) is 17.8 Å². The minimum atomic E-state index is -0.908. The minimum absolute atomic E-state index is 0.0809. The summed E-state index contributed by atoms with van der Waals surface area (Å²) < 4.78 is 5.69. The van der Waals surface area contributed by atoms with E-state index in [1.807, 2.05) is 44.9 Å². The quantitative estimate of drug-likeness (QED) is 0.434. The van der Waals surface area contributed by atoms with Crippen molar-refractivity contribution in [2.45, 2.75) is 91.2 Å².